The Balaban J connectivity index is 1.17. The van der Waals surface area contributed by atoms with Crippen molar-refractivity contribution in [3.8, 4) is 22.3 Å². The van der Waals surface area contributed by atoms with Gasteiger partial charge in [-0.1, -0.05) is 121 Å². The Morgan fingerprint density at radius 3 is 2.02 bits per heavy atom. The number of hydrogen-bond donors (Lipinski definition) is 2. The van der Waals surface area contributed by atoms with Crippen LogP contribution in [0.15, 0.2) is 143 Å². The molecule has 0 bridgehead atoms. The number of hydrogen-bond acceptors (Lipinski definition) is 4. The zero-order valence-corrected chi connectivity index (χ0v) is 23.3. The SMILES string of the molecule is ClC1=NC(c2ccccc2)NC(c2ccc(-c3ccc(-c4cccc5oc6ccccc6c45)c4ccccc34)cc2)N1. The Kier molecular flexibility index (Phi) is 6.03. The molecule has 6 aromatic carbocycles. The minimum Gasteiger partial charge on any atom is -0.456 e. The molecule has 7 aromatic rings. The smallest absolute Gasteiger partial charge is 0.194 e. The van der Waals surface area contributed by atoms with Crippen molar-refractivity contribution in [2.75, 3.05) is 0 Å². The van der Waals surface area contributed by atoms with Gasteiger partial charge in [0.15, 0.2) is 5.29 Å². The summed E-state index contributed by atoms with van der Waals surface area (Å²) in [6.07, 6.45) is -0.364. The second-order valence-electron chi connectivity index (χ2n) is 10.6. The van der Waals surface area contributed by atoms with Crippen LogP contribution in [0.25, 0.3) is 55.0 Å². The molecule has 0 aliphatic carbocycles. The maximum atomic E-state index is 6.42. The van der Waals surface area contributed by atoms with Gasteiger partial charge in [-0.05, 0) is 67.9 Å². The molecule has 2 unspecified atom stereocenters. The number of furan rings is 1. The summed E-state index contributed by atoms with van der Waals surface area (Å²) < 4.78 is 6.19. The molecule has 0 saturated carbocycles. The topological polar surface area (TPSA) is 49.6 Å². The van der Waals surface area contributed by atoms with Crippen LogP contribution < -0.4 is 10.6 Å². The first-order valence-electron chi connectivity index (χ1n) is 14.1. The van der Waals surface area contributed by atoms with Gasteiger partial charge in [-0.25, -0.2) is 4.99 Å². The number of nitrogens with zero attached hydrogens (tertiary/aromatic N) is 1. The zero-order valence-electron chi connectivity index (χ0n) is 22.6. The number of para-hydroxylation sites is 1. The Bertz CT molecular complexity index is 2120. The lowest BCUT2D eigenvalue weighted by atomic mass is 9.90. The van der Waals surface area contributed by atoms with Gasteiger partial charge in [0, 0.05) is 10.8 Å². The number of halogens is 1. The summed E-state index contributed by atoms with van der Waals surface area (Å²) in [7, 11) is 0. The summed E-state index contributed by atoms with van der Waals surface area (Å²) in [5.74, 6) is 0. The third kappa shape index (κ3) is 4.24. The quantitative estimate of drug-likeness (QED) is 0.210. The van der Waals surface area contributed by atoms with Crippen LogP contribution in [0.5, 0.6) is 0 Å². The highest BCUT2D eigenvalue weighted by molar-refractivity contribution is 6.64. The summed E-state index contributed by atoms with van der Waals surface area (Å²) in [5.41, 5.74) is 8.69. The standard InChI is InChI=1S/C37H26ClN3O/c38-37-40-35(24-9-2-1-3-10-24)39-36(41-37)25-19-17-23(18-20-25)26-21-22-29(28-12-5-4-11-27(26)28)30-14-8-16-33-34(30)31-13-6-7-15-32(31)42-33/h1-22,35-36,39H,(H,40,41). The average Bonchev–Trinajstić information content (AvgIpc) is 3.44. The van der Waals surface area contributed by atoms with Crippen LogP contribution in [-0.4, -0.2) is 5.29 Å². The lowest BCUT2D eigenvalue weighted by Crippen LogP contribution is -2.42. The van der Waals surface area contributed by atoms with Crippen molar-refractivity contribution in [3.63, 3.8) is 0 Å². The lowest BCUT2D eigenvalue weighted by Gasteiger charge is -2.30. The fraction of sp³-hybridized carbons (Fsp3) is 0.0541. The number of benzene rings is 6. The van der Waals surface area contributed by atoms with Crippen molar-refractivity contribution in [2.45, 2.75) is 12.3 Å². The molecule has 2 heterocycles. The maximum Gasteiger partial charge on any atom is 0.194 e. The number of nitrogens with one attached hydrogen (secondary N) is 2. The number of aliphatic imine (C=N–C) groups is 1. The first kappa shape index (κ1) is 24.9. The van der Waals surface area contributed by atoms with E-state index in [9.17, 15) is 0 Å². The molecule has 0 amide bonds. The van der Waals surface area contributed by atoms with Gasteiger partial charge in [0.1, 0.15) is 23.5 Å². The van der Waals surface area contributed by atoms with Crippen LogP contribution in [0, 0.1) is 0 Å². The molecule has 5 heteroatoms. The van der Waals surface area contributed by atoms with Gasteiger partial charge in [0.25, 0.3) is 0 Å². The first-order chi connectivity index (χ1) is 20.7. The van der Waals surface area contributed by atoms with Gasteiger partial charge < -0.3 is 9.73 Å². The third-order valence-corrected chi connectivity index (χ3v) is 8.32. The molecule has 42 heavy (non-hydrogen) atoms. The van der Waals surface area contributed by atoms with Crippen LogP contribution in [0.2, 0.25) is 0 Å². The normalized spacial score (nSPS) is 16.9. The van der Waals surface area contributed by atoms with Crippen molar-refractivity contribution in [2.24, 2.45) is 4.99 Å². The second kappa shape index (κ2) is 10.2. The van der Waals surface area contributed by atoms with E-state index in [2.05, 4.69) is 113 Å². The van der Waals surface area contributed by atoms with Crippen LogP contribution >= 0.6 is 11.6 Å². The predicted molar refractivity (Wildman–Crippen MR) is 174 cm³/mol. The Labute approximate surface area is 248 Å². The van der Waals surface area contributed by atoms with Crippen molar-refractivity contribution < 1.29 is 4.42 Å². The Hall–Kier alpha value is -4.90. The Morgan fingerprint density at radius 2 is 1.21 bits per heavy atom. The second-order valence-corrected chi connectivity index (χ2v) is 10.9. The van der Waals surface area contributed by atoms with Crippen molar-refractivity contribution >= 4 is 49.6 Å². The largest absolute Gasteiger partial charge is 0.456 e. The van der Waals surface area contributed by atoms with Crippen LogP contribution in [0.3, 0.4) is 0 Å². The van der Waals surface area contributed by atoms with Gasteiger partial charge >= 0.3 is 0 Å². The summed E-state index contributed by atoms with van der Waals surface area (Å²) in [6, 6.07) is 46.5. The minimum absolute atomic E-state index is 0.154. The highest BCUT2D eigenvalue weighted by Crippen LogP contribution is 2.41. The minimum atomic E-state index is -0.210. The predicted octanol–water partition coefficient (Wildman–Crippen LogP) is 9.56. The molecular formula is C37H26ClN3O. The molecule has 0 spiro atoms. The van der Waals surface area contributed by atoms with Crippen LogP contribution in [-0.2, 0) is 0 Å². The number of amidine groups is 1. The summed E-state index contributed by atoms with van der Waals surface area (Å²) in [6.45, 7) is 0. The highest BCUT2D eigenvalue weighted by Gasteiger charge is 2.24. The highest BCUT2D eigenvalue weighted by atomic mass is 35.5. The van der Waals surface area contributed by atoms with E-state index in [0.717, 1.165) is 38.6 Å². The Morgan fingerprint density at radius 1 is 0.548 bits per heavy atom. The monoisotopic (exact) mass is 563 g/mol. The van der Waals surface area contributed by atoms with E-state index in [0.29, 0.717) is 5.29 Å². The molecule has 2 atom stereocenters. The maximum absolute atomic E-state index is 6.42. The van der Waals surface area contributed by atoms with E-state index in [1.807, 2.05) is 36.4 Å². The van der Waals surface area contributed by atoms with E-state index in [-0.39, 0.29) is 12.3 Å². The molecular weight excluding hydrogens is 538 g/mol. The lowest BCUT2D eigenvalue weighted by molar-refractivity contribution is 0.412. The van der Waals surface area contributed by atoms with Crippen LogP contribution in [0.1, 0.15) is 23.5 Å². The number of fused-ring (bicyclic) bond motifs is 4. The molecule has 0 saturated heterocycles. The zero-order chi connectivity index (χ0) is 28.0. The van der Waals surface area contributed by atoms with E-state index in [1.165, 1.54) is 27.5 Å². The van der Waals surface area contributed by atoms with Crippen molar-refractivity contribution in [3.05, 3.63) is 145 Å². The molecule has 0 fully saturated rings. The first-order valence-corrected chi connectivity index (χ1v) is 14.4. The molecule has 202 valence electrons. The molecule has 1 aromatic heterocycles. The number of rotatable bonds is 4. The van der Waals surface area contributed by atoms with Crippen LogP contribution in [0.4, 0.5) is 0 Å². The van der Waals surface area contributed by atoms with E-state index in [4.69, 9.17) is 16.0 Å². The van der Waals surface area contributed by atoms with Gasteiger partial charge in [-0.15, -0.1) is 0 Å². The fourth-order valence-corrected chi connectivity index (χ4v) is 6.34. The van der Waals surface area contributed by atoms with Gasteiger partial charge in [-0.3, -0.25) is 5.32 Å². The summed E-state index contributed by atoms with van der Waals surface area (Å²) >= 11 is 6.42. The molecule has 2 N–H and O–H groups in total. The van der Waals surface area contributed by atoms with Gasteiger partial charge in [0.05, 0.1) is 0 Å². The molecule has 8 rings (SSSR count). The van der Waals surface area contributed by atoms with Crippen molar-refractivity contribution in [1.82, 2.24) is 10.6 Å². The van der Waals surface area contributed by atoms with E-state index >= 15 is 0 Å². The van der Waals surface area contributed by atoms with Crippen molar-refractivity contribution in [1.29, 1.82) is 0 Å². The molecule has 1 aliphatic heterocycles. The van der Waals surface area contributed by atoms with Gasteiger partial charge in [0.2, 0.25) is 0 Å². The van der Waals surface area contributed by atoms with E-state index < -0.39 is 0 Å². The molecule has 1 aliphatic rings. The van der Waals surface area contributed by atoms with E-state index in [1.54, 1.807) is 0 Å². The fourth-order valence-electron chi connectivity index (χ4n) is 6.13. The summed E-state index contributed by atoms with van der Waals surface area (Å²) in [5, 5.41) is 11.9. The third-order valence-electron chi connectivity index (χ3n) is 8.12. The average molecular weight is 564 g/mol. The van der Waals surface area contributed by atoms with Gasteiger partial charge in [-0.2, -0.15) is 0 Å². The molecule has 4 nitrogen and oxygen atoms in total. The summed E-state index contributed by atoms with van der Waals surface area (Å²) in [4.78, 5) is 4.55. The molecule has 0 radical (unpaired) electrons.